The van der Waals surface area contributed by atoms with E-state index < -0.39 is 0 Å². The van der Waals surface area contributed by atoms with Gasteiger partial charge in [0.25, 0.3) is 0 Å². The topological polar surface area (TPSA) is 61.4 Å². The Morgan fingerprint density at radius 2 is 1.88 bits per heavy atom. The molecule has 0 unspecified atom stereocenters. The largest absolute Gasteiger partial charge is 0.508 e. The van der Waals surface area contributed by atoms with Crippen LogP contribution in [0.15, 0.2) is 53.7 Å². The van der Waals surface area contributed by atoms with E-state index in [1.807, 2.05) is 12.1 Å². The molecule has 0 spiro atoms. The van der Waals surface area contributed by atoms with Crippen molar-refractivity contribution in [1.82, 2.24) is 0 Å². The Bertz CT molecular complexity index is 927. The first-order chi connectivity index (χ1) is 12.3. The van der Waals surface area contributed by atoms with Crippen LogP contribution < -0.4 is 10.6 Å². The smallest absolute Gasteiger partial charge is 0.163 e. The van der Waals surface area contributed by atoms with Crippen LogP contribution in [0.4, 0.5) is 11.4 Å². The highest BCUT2D eigenvalue weighted by molar-refractivity contribution is 6.01. The summed E-state index contributed by atoms with van der Waals surface area (Å²) < 4.78 is 0. The maximum absolute atomic E-state index is 13.1. The second-order valence-electron chi connectivity index (χ2n) is 8.18. The van der Waals surface area contributed by atoms with Gasteiger partial charge in [-0.15, -0.1) is 0 Å². The summed E-state index contributed by atoms with van der Waals surface area (Å²) in [7, 11) is 0. The first-order valence-electron chi connectivity index (χ1n) is 9.02. The lowest BCUT2D eigenvalue weighted by molar-refractivity contribution is -0.118. The van der Waals surface area contributed by atoms with Gasteiger partial charge in [0.15, 0.2) is 5.78 Å². The van der Waals surface area contributed by atoms with Crippen LogP contribution in [0.1, 0.15) is 43.9 Å². The lowest BCUT2D eigenvalue weighted by Gasteiger charge is -2.34. The SMILES string of the molecule is Cc1ccc2c(c1)N[C@H](c1cccc(O)c1)C1=C(CC(C)(C)CC1=O)N2. The number of hydrogen-bond donors (Lipinski definition) is 3. The quantitative estimate of drug-likeness (QED) is 0.684. The van der Waals surface area contributed by atoms with E-state index >= 15 is 0 Å². The molecule has 0 bridgehead atoms. The highest BCUT2D eigenvalue weighted by atomic mass is 16.3. The molecule has 1 aliphatic heterocycles. The van der Waals surface area contributed by atoms with Crippen LogP contribution in [0, 0.1) is 12.3 Å². The molecule has 0 fully saturated rings. The Labute approximate surface area is 153 Å². The van der Waals surface area contributed by atoms with Crippen molar-refractivity contribution in [3.8, 4) is 5.75 Å². The van der Waals surface area contributed by atoms with Crippen molar-refractivity contribution in [3.63, 3.8) is 0 Å². The van der Waals surface area contributed by atoms with Gasteiger partial charge in [0.2, 0.25) is 0 Å². The second kappa shape index (κ2) is 5.90. The summed E-state index contributed by atoms with van der Waals surface area (Å²) in [5.74, 6) is 0.367. The predicted octanol–water partition coefficient (Wildman–Crippen LogP) is 4.92. The number of nitrogens with one attached hydrogen (secondary N) is 2. The minimum atomic E-state index is -0.281. The molecule has 1 heterocycles. The normalized spacial score (nSPS) is 21.2. The first kappa shape index (κ1) is 16.7. The number of carbonyl (C=O) groups is 1. The Balaban J connectivity index is 1.90. The average Bonchev–Trinajstić information content (AvgIpc) is 2.70. The molecule has 0 saturated heterocycles. The van der Waals surface area contributed by atoms with Crippen molar-refractivity contribution in [2.24, 2.45) is 5.41 Å². The number of phenols is 1. The molecule has 4 nitrogen and oxygen atoms in total. The van der Waals surface area contributed by atoms with E-state index in [0.29, 0.717) is 6.42 Å². The number of Topliss-reactive ketones (excluding diaryl/α,β-unsaturated/α-hetero) is 1. The number of aromatic hydroxyl groups is 1. The Morgan fingerprint density at radius 3 is 2.65 bits per heavy atom. The third-order valence-corrected chi connectivity index (χ3v) is 5.17. The molecule has 3 N–H and O–H groups in total. The first-order valence-corrected chi connectivity index (χ1v) is 9.02. The van der Waals surface area contributed by atoms with Gasteiger partial charge in [-0.2, -0.15) is 0 Å². The molecule has 4 heteroatoms. The number of rotatable bonds is 1. The lowest BCUT2D eigenvalue weighted by atomic mass is 9.73. The highest BCUT2D eigenvalue weighted by Gasteiger charge is 2.38. The van der Waals surface area contributed by atoms with Crippen molar-refractivity contribution in [3.05, 3.63) is 64.9 Å². The maximum Gasteiger partial charge on any atom is 0.163 e. The summed E-state index contributed by atoms with van der Waals surface area (Å²) in [5.41, 5.74) is 5.69. The van der Waals surface area contributed by atoms with E-state index in [0.717, 1.165) is 40.2 Å². The summed E-state index contributed by atoms with van der Waals surface area (Å²) in [4.78, 5) is 13.1. The molecule has 4 rings (SSSR count). The maximum atomic E-state index is 13.1. The molecule has 0 aromatic heterocycles. The number of phenolic OH excluding ortho intramolecular Hbond substituents is 1. The molecule has 134 valence electrons. The fourth-order valence-corrected chi connectivity index (χ4v) is 4.01. The standard InChI is InChI=1S/C22H24N2O2/c1-13-7-8-16-17(9-13)24-21(14-5-4-6-15(25)10-14)20-18(23-16)11-22(2,3)12-19(20)26/h4-10,21,23-25H,11-12H2,1-3H3/t21-/m1/s1. The number of benzene rings is 2. The monoisotopic (exact) mass is 348 g/mol. The molecule has 2 aromatic rings. The van der Waals surface area contributed by atoms with E-state index in [1.54, 1.807) is 12.1 Å². The Morgan fingerprint density at radius 1 is 1.08 bits per heavy atom. The molecule has 2 aliphatic rings. The van der Waals surface area contributed by atoms with Gasteiger partial charge >= 0.3 is 0 Å². The van der Waals surface area contributed by atoms with Gasteiger partial charge in [0, 0.05) is 17.7 Å². The summed E-state index contributed by atoms with van der Waals surface area (Å²) in [6.45, 7) is 6.32. The molecule has 1 atom stereocenters. The second-order valence-corrected chi connectivity index (χ2v) is 8.18. The predicted molar refractivity (Wildman–Crippen MR) is 104 cm³/mol. The molecule has 26 heavy (non-hydrogen) atoms. The highest BCUT2D eigenvalue weighted by Crippen LogP contribution is 2.45. The Hall–Kier alpha value is -2.75. The number of anilines is 2. The van der Waals surface area contributed by atoms with Crippen molar-refractivity contribution >= 4 is 17.2 Å². The number of carbonyl (C=O) groups excluding carboxylic acids is 1. The zero-order valence-corrected chi connectivity index (χ0v) is 15.4. The number of fused-ring (bicyclic) bond motifs is 1. The summed E-state index contributed by atoms with van der Waals surface area (Å²) in [5, 5.41) is 17.0. The summed E-state index contributed by atoms with van der Waals surface area (Å²) >= 11 is 0. The van der Waals surface area contributed by atoms with Crippen LogP contribution >= 0.6 is 0 Å². The van der Waals surface area contributed by atoms with Gasteiger partial charge in [-0.3, -0.25) is 4.79 Å². The van der Waals surface area contributed by atoms with E-state index in [2.05, 4.69) is 49.6 Å². The van der Waals surface area contributed by atoms with Gasteiger partial charge in [-0.05, 0) is 54.2 Å². The van der Waals surface area contributed by atoms with Crippen molar-refractivity contribution in [1.29, 1.82) is 0 Å². The number of allylic oxidation sites excluding steroid dienone is 1. The van der Waals surface area contributed by atoms with Crippen molar-refractivity contribution in [2.75, 3.05) is 10.6 Å². The molecule has 2 aromatic carbocycles. The third kappa shape index (κ3) is 2.96. The average molecular weight is 348 g/mol. The van der Waals surface area contributed by atoms with E-state index in [-0.39, 0.29) is 23.0 Å². The number of ketones is 1. The van der Waals surface area contributed by atoms with Crippen LogP contribution in [0.25, 0.3) is 0 Å². The number of hydrogen-bond acceptors (Lipinski definition) is 4. The van der Waals surface area contributed by atoms with Gasteiger partial charge in [-0.1, -0.05) is 32.0 Å². The Kier molecular flexibility index (Phi) is 3.79. The van der Waals surface area contributed by atoms with Crippen LogP contribution in [0.3, 0.4) is 0 Å². The van der Waals surface area contributed by atoms with Gasteiger partial charge in [-0.25, -0.2) is 0 Å². The van der Waals surface area contributed by atoms with Crippen LogP contribution in [0.5, 0.6) is 5.75 Å². The van der Waals surface area contributed by atoms with Crippen molar-refractivity contribution < 1.29 is 9.90 Å². The molecule has 1 aliphatic carbocycles. The molecule has 0 saturated carbocycles. The van der Waals surface area contributed by atoms with Crippen LogP contribution in [-0.2, 0) is 4.79 Å². The zero-order chi connectivity index (χ0) is 18.5. The van der Waals surface area contributed by atoms with Crippen molar-refractivity contribution in [2.45, 2.75) is 39.7 Å². The van der Waals surface area contributed by atoms with E-state index in [1.165, 1.54) is 0 Å². The van der Waals surface area contributed by atoms with E-state index in [4.69, 9.17) is 0 Å². The van der Waals surface area contributed by atoms with Crippen LogP contribution in [-0.4, -0.2) is 10.9 Å². The van der Waals surface area contributed by atoms with Gasteiger partial charge in [0.05, 0.1) is 17.4 Å². The van der Waals surface area contributed by atoms with Crippen LogP contribution in [0.2, 0.25) is 0 Å². The van der Waals surface area contributed by atoms with Gasteiger partial charge in [0.1, 0.15) is 5.75 Å². The minimum absolute atomic E-state index is 0.0680. The molecule has 0 amide bonds. The lowest BCUT2D eigenvalue weighted by Crippen LogP contribution is -2.31. The third-order valence-electron chi connectivity index (χ3n) is 5.17. The fraction of sp³-hybridized carbons (Fsp3) is 0.318. The van der Waals surface area contributed by atoms with Gasteiger partial charge < -0.3 is 15.7 Å². The fourth-order valence-electron chi connectivity index (χ4n) is 4.01. The number of aryl methyl sites for hydroxylation is 1. The molecule has 0 radical (unpaired) electrons. The molecular formula is C22H24N2O2. The minimum Gasteiger partial charge on any atom is -0.508 e. The summed E-state index contributed by atoms with van der Waals surface area (Å²) in [6.07, 6.45) is 1.35. The molecular weight excluding hydrogens is 324 g/mol. The van der Waals surface area contributed by atoms with E-state index in [9.17, 15) is 9.90 Å². The zero-order valence-electron chi connectivity index (χ0n) is 15.4. The summed E-state index contributed by atoms with van der Waals surface area (Å²) in [6, 6.07) is 13.1.